The maximum Gasteiger partial charge on any atom is 0.226 e. The molecule has 4 heterocycles. The number of fused-ring (bicyclic) bond motifs is 5. The van der Waals surface area contributed by atoms with E-state index in [1.165, 1.54) is 57.1 Å². The Kier molecular flexibility index (Phi) is 3.99. The second-order valence-electron chi connectivity index (χ2n) is 9.89. The molecule has 1 aromatic heterocycles. The van der Waals surface area contributed by atoms with Crippen LogP contribution in [0.15, 0.2) is 24.3 Å². The minimum Gasteiger partial charge on any atom is -0.354 e. The highest BCUT2D eigenvalue weighted by Gasteiger charge is 2.49. The lowest BCUT2D eigenvalue weighted by molar-refractivity contribution is 0.236. The average Bonchev–Trinajstić information content (AvgIpc) is 3.67. The van der Waals surface area contributed by atoms with Crippen LogP contribution in [0.4, 0.5) is 5.95 Å². The minimum atomic E-state index is 0.124. The second-order valence-corrected chi connectivity index (χ2v) is 9.89. The van der Waals surface area contributed by atoms with Gasteiger partial charge in [-0.3, -0.25) is 0 Å². The van der Waals surface area contributed by atoms with Crippen LogP contribution >= 0.6 is 0 Å². The zero-order chi connectivity index (χ0) is 19.5. The SMILES string of the molecule is CCN1CCC2CCC3(CC3)c3ccc(cc3)-c3nc(nc(n3)C3(CC3)C1)NC2. The Bertz CT molecular complexity index is 913. The Labute approximate surface area is 173 Å². The summed E-state index contributed by atoms with van der Waals surface area (Å²) < 4.78 is 0. The molecule has 2 saturated carbocycles. The van der Waals surface area contributed by atoms with Gasteiger partial charge in [-0.05, 0) is 74.9 Å². The van der Waals surface area contributed by atoms with Crippen LogP contribution in [0.5, 0.6) is 0 Å². The van der Waals surface area contributed by atoms with Crippen molar-refractivity contribution in [3.05, 3.63) is 35.7 Å². The Morgan fingerprint density at radius 3 is 2.48 bits per heavy atom. The van der Waals surface area contributed by atoms with Crippen LogP contribution in [0, 0.1) is 5.92 Å². The third-order valence-electron chi connectivity index (χ3n) is 7.98. The number of nitrogens with zero attached hydrogens (tertiary/aromatic N) is 4. The van der Waals surface area contributed by atoms with Gasteiger partial charge in [0, 0.05) is 24.1 Å². The lowest BCUT2D eigenvalue weighted by atomic mass is 9.86. The predicted octanol–water partition coefficient (Wildman–Crippen LogP) is 4.15. The van der Waals surface area contributed by atoms with Gasteiger partial charge < -0.3 is 10.2 Å². The standard InChI is InChI=1S/C24H31N5/c1-2-29-14-8-17-7-9-23(10-11-23)19-5-3-18(4-6-19)20-26-21(24(16-29)12-13-24)28-22(27-20)25-15-17/h3-6,17H,2,7-16H2,1H3,(H,25,26,27,28). The van der Waals surface area contributed by atoms with Crippen LogP contribution in [-0.2, 0) is 10.8 Å². The third kappa shape index (κ3) is 3.14. The first-order valence-corrected chi connectivity index (χ1v) is 11.5. The largest absolute Gasteiger partial charge is 0.354 e. The molecular weight excluding hydrogens is 358 g/mol. The fraction of sp³-hybridized carbons (Fsp3) is 0.625. The highest BCUT2D eigenvalue weighted by molar-refractivity contribution is 5.58. The van der Waals surface area contributed by atoms with Crippen LogP contribution in [0.2, 0.25) is 0 Å². The van der Waals surface area contributed by atoms with E-state index in [0.717, 1.165) is 42.8 Å². The number of rotatable bonds is 1. The molecule has 1 N–H and O–H groups in total. The maximum absolute atomic E-state index is 5.02. The fourth-order valence-electron chi connectivity index (χ4n) is 5.44. The molecule has 0 amide bonds. The molecule has 3 aliphatic heterocycles. The molecule has 2 aliphatic carbocycles. The van der Waals surface area contributed by atoms with Crippen molar-refractivity contribution in [2.24, 2.45) is 5.92 Å². The number of nitrogens with one attached hydrogen (secondary N) is 1. The van der Waals surface area contributed by atoms with E-state index in [0.29, 0.717) is 11.3 Å². The molecular formula is C24H31N5. The van der Waals surface area contributed by atoms with Gasteiger partial charge in [-0.1, -0.05) is 31.2 Å². The van der Waals surface area contributed by atoms with E-state index in [1.54, 1.807) is 0 Å². The summed E-state index contributed by atoms with van der Waals surface area (Å²) in [5.41, 5.74) is 3.18. The van der Waals surface area contributed by atoms with Gasteiger partial charge in [0.2, 0.25) is 5.95 Å². The molecule has 0 radical (unpaired) electrons. The molecule has 1 atom stereocenters. The number of hydrogen-bond acceptors (Lipinski definition) is 5. The molecule has 6 bridgehead atoms. The summed E-state index contributed by atoms with van der Waals surface area (Å²) in [5.74, 6) is 3.27. The second kappa shape index (κ2) is 6.49. The molecule has 152 valence electrons. The smallest absolute Gasteiger partial charge is 0.226 e. The molecule has 2 fully saturated rings. The highest BCUT2D eigenvalue weighted by atomic mass is 15.2. The molecule has 1 aromatic carbocycles. The van der Waals surface area contributed by atoms with Gasteiger partial charge in [-0.15, -0.1) is 0 Å². The summed E-state index contributed by atoms with van der Waals surface area (Å²) in [4.78, 5) is 17.4. The topological polar surface area (TPSA) is 53.9 Å². The van der Waals surface area contributed by atoms with Crippen molar-refractivity contribution in [3.8, 4) is 11.4 Å². The molecule has 2 aromatic rings. The molecule has 1 unspecified atom stereocenters. The monoisotopic (exact) mass is 389 g/mol. The van der Waals surface area contributed by atoms with Crippen LogP contribution in [0.1, 0.15) is 63.3 Å². The van der Waals surface area contributed by atoms with Gasteiger partial charge >= 0.3 is 0 Å². The van der Waals surface area contributed by atoms with Crippen LogP contribution in [0.3, 0.4) is 0 Å². The van der Waals surface area contributed by atoms with Crippen molar-refractivity contribution < 1.29 is 0 Å². The van der Waals surface area contributed by atoms with Crippen molar-refractivity contribution in [2.75, 3.05) is 31.5 Å². The number of hydrogen-bond donors (Lipinski definition) is 1. The zero-order valence-electron chi connectivity index (χ0n) is 17.5. The normalized spacial score (nSPS) is 26.6. The zero-order valence-corrected chi connectivity index (χ0v) is 17.5. The van der Waals surface area contributed by atoms with Crippen molar-refractivity contribution in [2.45, 2.75) is 62.7 Å². The number of likely N-dealkylation sites (N-methyl/N-ethyl adjacent to an activating group) is 1. The van der Waals surface area contributed by atoms with Crippen molar-refractivity contribution >= 4 is 5.95 Å². The number of benzene rings is 1. The molecule has 5 heteroatoms. The Morgan fingerprint density at radius 1 is 0.966 bits per heavy atom. The van der Waals surface area contributed by atoms with Crippen molar-refractivity contribution in [1.29, 1.82) is 0 Å². The summed E-state index contributed by atoms with van der Waals surface area (Å²) in [6, 6.07) is 9.14. The van der Waals surface area contributed by atoms with Gasteiger partial charge in [0.25, 0.3) is 0 Å². The van der Waals surface area contributed by atoms with Crippen LogP contribution in [-0.4, -0.2) is 46.0 Å². The van der Waals surface area contributed by atoms with E-state index >= 15 is 0 Å². The van der Waals surface area contributed by atoms with E-state index < -0.39 is 0 Å². The van der Waals surface area contributed by atoms with E-state index in [1.807, 2.05) is 0 Å². The molecule has 2 spiro atoms. The average molecular weight is 390 g/mol. The van der Waals surface area contributed by atoms with Gasteiger partial charge in [-0.25, -0.2) is 4.98 Å². The van der Waals surface area contributed by atoms with E-state index in [2.05, 4.69) is 41.4 Å². The Balaban J connectivity index is 1.49. The summed E-state index contributed by atoms with van der Waals surface area (Å²) >= 11 is 0. The van der Waals surface area contributed by atoms with E-state index in [4.69, 9.17) is 15.0 Å². The first kappa shape index (κ1) is 17.8. The molecule has 5 aliphatic rings. The third-order valence-corrected chi connectivity index (χ3v) is 7.98. The summed E-state index contributed by atoms with van der Waals surface area (Å²) in [5, 5.41) is 3.62. The minimum absolute atomic E-state index is 0.124. The van der Waals surface area contributed by atoms with Crippen LogP contribution < -0.4 is 5.32 Å². The molecule has 0 saturated heterocycles. The first-order chi connectivity index (χ1) is 14.2. The van der Waals surface area contributed by atoms with Crippen LogP contribution in [0.25, 0.3) is 11.4 Å². The molecule has 5 nitrogen and oxygen atoms in total. The van der Waals surface area contributed by atoms with Gasteiger partial charge in [0.15, 0.2) is 5.82 Å². The fourth-order valence-corrected chi connectivity index (χ4v) is 5.44. The molecule has 29 heavy (non-hydrogen) atoms. The highest BCUT2D eigenvalue weighted by Crippen LogP contribution is 2.53. The Morgan fingerprint density at radius 2 is 1.76 bits per heavy atom. The predicted molar refractivity (Wildman–Crippen MR) is 115 cm³/mol. The molecule has 7 rings (SSSR count). The first-order valence-electron chi connectivity index (χ1n) is 11.5. The lowest BCUT2D eigenvalue weighted by Crippen LogP contribution is -2.35. The Hall–Kier alpha value is -2.01. The van der Waals surface area contributed by atoms with Gasteiger partial charge in [0.1, 0.15) is 5.82 Å². The number of anilines is 1. The van der Waals surface area contributed by atoms with Gasteiger partial charge in [0.05, 0.1) is 0 Å². The lowest BCUT2D eigenvalue weighted by Gasteiger charge is -2.27. The van der Waals surface area contributed by atoms with Crippen molar-refractivity contribution in [3.63, 3.8) is 0 Å². The summed E-state index contributed by atoms with van der Waals surface area (Å²) in [7, 11) is 0. The summed E-state index contributed by atoms with van der Waals surface area (Å²) in [6.45, 7) is 6.64. The maximum atomic E-state index is 5.02. The summed E-state index contributed by atoms with van der Waals surface area (Å²) in [6.07, 6.45) is 8.90. The van der Waals surface area contributed by atoms with Crippen molar-refractivity contribution in [1.82, 2.24) is 19.9 Å². The van der Waals surface area contributed by atoms with E-state index in [9.17, 15) is 0 Å². The van der Waals surface area contributed by atoms with E-state index in [-0.39, 0.29) is 5.41 Å². The number of aromatic nitrogens is 3. The quantitative estimate of drug-likeness (QED) is 0.794. The van der Waals surface area contributed by atoms with Gasteiger partial charge in [-0.2, -0.15) is 9.97 Å².